The van der Waals surface area contributed by atoms with Crippen molar-refractivity contribution >= 4 is 11.7 Å². The quantitative estimate of drug-likeness (QED) is 0.791. The molecule has 1 amide bonds. The summed E-state index contributed by atoms with van der Waals surface area (Å²) in [5.74, 6) is 1.07. The van der Waals surface area contributed by atoms with Crippen LogP contribution in [0.5, 0.6) is 0 Å². The number of likely N-dealkylation sites (tertiary alicyclic amines) is 1. The van der Waals surface area contributed by atoms with Gasteiger partial charge in [0.2, 0.25) is 5.91 Å². The first-order valence-electron chi connectivity index (χ1n) is 8.31. The van der Waals surface area contributed by atoms with Gasteiger partial charge in [0.1, 0.15) is 5.82 Å². The summed E-state index contributed by atoms with van der Waals surface area (Å²) in [5.41, 5.74) is 1.16. The topological polar surface area (TPSA) is 57.3 Å². The van der Waals surface area contributed by atoms with E-state index in [2.05, 4.69) is 27.6 Å². The fraction of sp³-hybridized carbons (Fsp3) is 0.647. The van der Waals surface area contributed by atoms with Crippen molar-refractivity contribution in [1.29, 1.82) is 0 Å². The number of aryl methyl sites for hydroxylation is 1. The minimum Gasteiger partial charge on any atom is -0.370 e. The van der Waals surface area contributed by atoms with Crippen LogP contribution in [-0.2, 0) is 4.79 Å². The van der Waals surface area contributed by atoms with Gasteiger partial charge in [0.15, 0.2) is 0 Å². The van der Waals surface area contributed by atoms with Gasteiger partial charge in [-0.15, -0.1) is 0 Å². The lowest BCUT2D eigenvalue weighted by Gasteiger charge is -2.24. The van der Waals surface area contributed by atoms with Crippen LogP contribution in [0.1, 0.15) is 37.7 Å². The highest BCUT2D eigenvalue weighted by atomic mass is 16.2. The fourth-order valence-electron chi connectivity index (χ4n) is 2.79. The third kappa shape index (κ3) is 5.30. The Balaban J connectivity index is 1.63. The van der Waals surface area contributed by atoms with E-state index in [-0.39, 0.29) is 11.9 Å². The van der Waals surface area contributed by atoms with Gasteiger partial charge in [0.05, 0.1) is 6.04 Å². The smallest absolute Gasteiger partial charge is 0.237 e. The lowest BCUT2D eigenvalue weighted by Crippen LogP contribution is -2.45. The number of pyridine rings is 1. The average molecular weight is 304 g/mol. The number of rotatable bonds is 6. The van der Waals surface area contributed by atoms with Crippen molar-refractivity contribution in [2.45, 2.75) is 45.1 Å². The number of carbonyl (C=O) groups excluding carboxylic acids is 1. The SMILES string of the molecule is Cc1ccc(NCCCNC(=O)[C@H]2CCCCCN2C)nc1. The molecule has 0 bridgehead atoms. The molecule has 0 aliphatic carbocycles. The highest BCUT2D eigenvalue weighted by Crippen LogP contribution is 2.15. The zero-order valence-corrected chi connectivity index (χ0v) is 13.8. The fourth-order valence-corrected chi connectivity index (χ4v) is 2.79. The molecule has 5 nitrogen and oxygen atoms in total. The summed E-state index contributed by atoms with van der Waals surface area (Å²) in [5, 5.41) is 6.34. The molecule has 122 valence electrons. The largest absolute Gasteiger partial charge is 0.370 e. The Hall–Kier alpha value is -1.62. The molecule has 5 heteroatoms. The molecule has 0 saturated carbocycles. The molecule has 0 radical (unpaired) electrons. The second-order valence-electron chi connectivity index (χ2n) is 6.14. The molecule has 1 aliphatic heterocycles. The van der Waals surface area contributed by atoms with Crippen molar-refractivity contribution in [2.75, 3.05) is 32.0 Å². The molecule has 1 aliphatic rings. The monoisotopic (exact) mass is 304 g/mol. The Morgan fingerprint density at radius 3 is 2.95 bits per heavy atom. The third-order valence-corrected chi connectivity index (χ3v) is 4.19. The number of carbonyl (C=O) groups is 1. The van der Waals surface area contributed by atoms with E-state index in [1.807, 2.05) is 25.3 Å². The van der Waals surface area contributed by atoms with Crippen molar-refractivity contribution in [3.8, 4) is 0 Å². The summed E-state index contributed by atoms with van der Waals surface area (Å²) < 4.78 is 0. The Morgan fingerprint density at radius 1 is 1.32 bits per heavy atom. The summed E-state index contributed by atoms with van der Waals surface area (Å²) in [6.07, 6.45) is 7.33. The van der Waals surface area contributed by atoms with Gasteiger partial charge in [-0.25, -0.2) is 4.98 Å². The minimum atomic E-state index is 0.0502. The Bertz CT molecular complexity index is 460. The number of nitrogens with zero attached hydrogens (tertiary/aromatic N) is 2. The van der Waals surface area contributed by atoms with E-state index in [9.17, 15) is 4.79 Å². The lowest BCUT2D eigenvalue weighted by atomic mass is 10.1. The maximum absolute atomic E-state index is 12.2. The molecule has 1 aromatic heterocycles. The van der Waals surface area contributed by atoms with Crippen molar-refractivity contribution in [1.82, 2.24) is 15.2 Å². The van der Waals surface area contributed by atoms with Gasteiger partial charge in [-0.2, -0.15) is 0 Å². The maximum atomic E-state index is 12.2. The third-order valence-electron chi connectivity index (χ3n) is 4.19. The van der Waals surface area contributed by atoms with Crippen LogP contribution in [0.4, 0.5) is 5.82 Å². The second-order valence-corrected chi connectivity index (χ2v) is 6.14. The van der Waals surface area contributed by atoms with E-state index in [1.165, 1.54) is 12.8 Å². The van der Waals surface area contributed by atoms with Crippen LogP contribution in [0, 0.1) is 6.92 Å². The summed E-state index contributed by atoms with van der Waals surface area (Å²) >= 11 is 0. The first-order chi connectivity index (χ1) is 10.7. The van der Waals surface area contributed by atoms with Gasteiger partial charge in [0, 0.05) is 19.3 Å². The first-order valence-corrected chi connectivity index (χ1v) is 8.31. The number of anilines is 1. The van der Waals surface area contributed by atoms with Crippen LogP contribution in [0.25, 0.3) is 0 Å². The predicted molar refractivity (Wildman–Crippen MR) is 90.0 cm³/mol. The predicted octanol–water partition coefficient (Wildman–Crippen LogP) is 2.18. The van der Waals surface area contributed by atoms with E-state index >= 15 is 0 Å². The lowest BCUT2D eigenvalue weighted by molar-refractivity contribution is -0.126. The molecule has 1 fully saturated rings. The molecule has 1 aromatic rings. The molecule has 0 spiro atoms. The Kier molecular flexibility index (Phi) is 6.65. The normalized spacial score (nSPS) is 19.5. The molecule has 2 rings (SSSR count). The highest BCUT2D eigenvalue weighted by molar-refractivity contribution is 5.81. The zero-order valence-electron chi connectivity index (χ0n) is 13.8. The van der Waals surface area contributed by atoms with Crippen LogP contribution in [0.15, 0.2) is 18.3 Å². The van der Waals surface area contributed by atoms with Crippen LogP contribution < -0.4 is 10.6 Å². The number of aromatic nitrogens is 1. The molecule has 22 heavy (non-hydrogen) atoms. The summed E-state index contributed by atoms with van der Waals surface area (Å²) in [6, 6.07) is 4.07. The van der Waals surface area contributed by atoms with Crippen LogP contribution in [0.2, 0.25) is 0 Å². The van der Waals surface area contributed by atoms with Crippen LogP contribution in [-0.4, -0.2) is 48.5 Å². The number of nitrogens with one attached hydrogen (secondary N) is 2. The molecule has 1 atom stereocenters. The van der Waals surface area contributed by atoms with Gasteiger partial charge in [-0.1, -0.05) is 18.9 Å². The van der Waals surface area contributed by atoms with E-state index < -0.39 is 0 Å². The summed E-state index contributed by atoms with van der Waals surface area (Å²) in [7, 11) is 2.06. The average Bonchev–Trinajstić information content (AvgIpc) is 2.73. The van der Waals surface area contributed by atoms with Gasteiger partial charge in [-0.3, -0.25) is 9.69 Å². The number of likely N-dealkylation sites (N-methyl/N-ethyl adjacent to an activating group) is 1. The standard InChI is InChI=1S/C17H28N4O/c1-14-8-9-16(20-13-14)18-10-6-11-19-17(22)15-7-4-3-5-12-21(15)2/h8-9,13,15H,3-7,10-12H2,1-2H3,(H,18,20)(H,19,22)/t15-/m1/s1. The van der Waals surface area contributed by atoms with Crippen LogP contribution in [0.3, 0.4) is 0 Å². The molecular formula is C17H28N4O. The summed E-state index contributed by atoms with van der Waals surface area (Å²) in [4.78, 5) is 18.7. The first kappa shape index (κ1) is 16.7. The van der Waals surface area contributed by atoms with E-state index in [4.69, 9.17) is 0 Å². The molecule has 2 N–H and O–H groups in total. The summed E-state index contributed by atoms with van der Waals surface area (Å²) in [6.45, 7) is 4.58. The molecule has 0 aromatic carbocycles. The van der Waals surface area contributed by atoms with Gasteiger partial charge in [0.25, 0.3) is 0 Å². The molecule has 2 heterocycles. The van der Waals surface area contributed by atoms with E-state index in [0.29, 0.717) is 6.54 Å². The Labute approximate surface area is 133 Å². The van der Waals surface area contributed by atoms with Gasteiger partial charge < -0.3 is 10.6 Å². The number of hydrogen-bond donors (Lipinski definition) is 2. The second kappa shape index (κ2) is 8.73. The van der Waals surface area contributed by atoms with Crippen molar-refractivity contribution in [3.05, 3.63) is 23.9 Å². The van der Waals surface area contributed by atoms with Crippen molar-refractivity contribution < 1.29 is 4.79 Å². The molecule has 0 unspecified atom stereocenters. The minimum absolute atomic E-state index is 0.0502. The number of hydrogen-bond acceptors (Lipinski definition) is 4. The molecule has 1 saturated heterocycles. The van der Waals surface area contributed by atoms with E-state index in [1.54, 1.807) is 0 Å². The Morgan fingerprint density at radius 2 is 2.18 bits per heavy atom. The van der Waals surface area contributed by atoms with Crippen LogP contribution >= 0.6 is 0 Å². The number of amides is 1. The molecular weight excluding hydrogens is 276 g/mol. The zero-order chi connectivity index (χ0) is 15.8. The van der Waals surface area contributed by atoms with Crippen molar-refractivity contribution in [3.63, 3.8) is 0 Å². The van der Waals surface area contributed by atoms with Gasteiger partial charge in [-0.05, 0) is 51.4 Å². The maximum Gasteiger partial charge on any atom is 0.237 e. The van der Waals surface area contributed by atoms with E-state index in [0.717, 1.165) is 43.7 Å². The van der Waals surface area contributed by atoms with Gasteiger partial charge >= 0.3 is 0 Å². The highest BCUT2D eigenvalue weighted by Gasteiger charge is 2.23. The van der Waals surface area contributed by atoms with Crippen molar-refractivity contribution in [2.24, 2.45) is 0 Å².